The van der Waals surface area contributed by atoms with Gasteiger partial charge in [-0.15, -0.1) is 11.3 Å². The van der Waals surface area contributed by atoms with Crippen molar-refractivity contribution in [1.82, 2.24) is 4.98 Å². The maximum atomic E-state index is 12.1. The molecule has 1 amide bonds. The number of benzene rings is 2. The maximum absolute atomic E-state index is 12.1. The van der Waals surface area contributed by atoms with Crippen LogP contribution in [0, 0.1) is 6.92 Å². The summed E-state index contributed by atoms with van der Waals surface area (Å²) in [5, 5.41) is 4.13. The van der Waals surface area contributed by atoms with Crippen LogP contribution < -0.4 is 10.1 Å². The Morgan fingerprint density at radius 1 is 1.22 bits per heavy atom. The Kier molecular flexibility index (Phi) is 4.83. The van der Waals surface area contributed by atoms with Crippen LogP contribution >= 0.6 is 22.9 Å². The number of anilines is 1. The summed E-state index contributed by atoms with van der Waals surface area (Å²) >= 11 is 7.36. The molecule has 0 atom stereocenters. The number of nitrogens with zero attached hydrogens (tertiary/aromatic N) is 1. The zero-order valence-corrected chi connectivity index (χ0v) is 15.9. The predicted octanol–water partition coefficient (Wildman–Crippen LogP) is 5.54. The van der Waals surface area contributed by atoms with Gasteiger partial charge in [-0.3, -0.25) is 4.79 Å². The number of hydrogen-bond acceptors (Lipinski definition) is 5. The Balaban J connectivity index is 1.42. The number of amides is 1. The van der Waals surface area contributed by atoms with Gasteiger partial charge in [0.15, 0.2) is 12.2 Å². The van der Waals surface area contributed by atoms with Crippen LogP contribution in [0.3, 0.4) is 0 Å². The lowest BCUT2D eigenvalue weighted by atomic mass is 10.2. The second kappa shape index (κ2) is 7.42. The minimum Gasteiger partial charge on any atom is -0.483 e. The molecule has 0 unspecified atom stereocenters. The average molecular weight is 399 g/mol. The van der Waals surface area contributed by atoms with Crippen molar-refractivity contribution in [1.29, 1.82) is 0 Å². The lowest BCUT2D eigenvalue weighted by Gasteiger charge is -2.08. The van der Waals surface area contributed by atoms with E-state index >= 15 is 0 Å². The fourth-order valence-electron chi connectivity index (χ4n) is 2.56. The van der Waals surface area contributed by atoms with Gasteiger partial charge in [-0.05, 0) is 48.9 Å². The summed E-state index contributed by atoms with van der Waals surface area (Å²) in [6, 6.07) is 16.5. The zero-order chi connectivity index (χ0) is 18.8. The van der Waals surface area contributed by atoms with E-state index in [-0.39, 0.29) is 12.5 Å². The van der Waals surface area contributed by atoms with E-state index in [1.165, 1.54) is 11.3 Å². The van der Waals surface area contributed by atoms with Gasteiger partial charge in [0.25, 0.3) is 5.91 Å². The summed E-state index contributed by atoms with van der Waals surface area (Å²) in [5.74, 6) is 0.967. The third kappa shape index (κ3) is 3.97. The SMILES string of the molecule is Cc1ccccc1OCC(=O)Nc1ccc(-c2nc3cc(Cl)ccc3o2)s1. The summed E-state index contributed by atoms with van der Waals surface area (Å²) < 4.78 is 11.3. The van der Waals surface area contributed by atoms with Crippen LogP contribution in [0.4, 0.5) is 5.00 Å². The number of thiophene rings is 1. The normalized spacial score (nSPS) is 10.9. The number of hydrogen-bond donors (Lipinski definition) is 1. The van der Waals surface area contributed by atoms with Crippen molar-refractivity contribution in [2.45, 2.75) is 6.92 Å². The highest BCUT2D eigenvalue weighted by molar-refractivity contribution is 7.19. The predicted molar refractivity (Wildman–Crippen MR) is 108 cm³/mol. The van der Waals surface area contributed by atoms with Crippen molar-refractivity contribution in [2.75, 3.05) is 11.9 Å². The summed E-state index contributed by atoms with van der Waals surface area (Å²) in [7, 11) is 0. The number of fused-ring (bicyclic) bond motifs is 1. The number of ether oxygens (including phenoxy) is 1. The molecule has 1 N–H and O–H groups in total. The van der Waals surface area contributed by atoms with Crippen LogP contribution in [0.1, 0.15) is 5.56 Å². The molecule has 0 aliphatic rings. The van der Waals surface area contributed by atoms with Gasteiger partial charge in [0.05, 0.1) is 9.88 Å². The van der Waals surface area contributed by atoms with Crippen LogP contribution in [0.2, 0.25) is 5.02 Å². The molecule has 2 aromatic carbocycles. The van der Waals surface area contributed by atoms with E-state index in [2.05, 4.69) is 10.3 Å². The number of aromatic nitrogens is 1. The number of carbonyl (C=O) groups is 1. The monoisotopic (exact) mass is 398 g/mol. The molecule has 0 saturated heterocycles. The van der Waals surface area contributed by atoms with E-state index in [1.807, 2.05) is 43.3 Å². The van der Waals surface area contributed by atoms with Crippen LogP contribution in [-0.4, -0.2) is 17.5 Å². The minimum absolute atomic E-state index is 0.0561. The van der Waals surface area contributed by atoms with E-state index in [9.17, 15) is 4.79 Å². The lowest BCUT2D eigenvalue weighted by molar-refractivity contribution is -0.118. The number of oxazole rings is 1. The number of carbonyl (C=O) groups excluding carboxylic acids is 1. The highest BCUT2D eigenvalue weighted by Crippen LogP contribution is 2.33. The summed E-state index contributed by atoms with van der Waals surface area (Å²) in [4.78, 5) is 17.4. The number of para-hydroxylation sites is 1. The molecule has 7 heteroatoms. The van der Waals surface area contributed by atoms with E-state index < -0.39 is 0 Å². The fraction of sp³-hybridized carbons (Fsp3) is 0.100. The van der Waals surface area contributed by atoms with Crippen molar-refractivity contribution in [3.63, 3.8) is 0 Å². The molecule has 4 rings (SSSR count). The molecular weight excluding hydrogens is 384 g/mol. The summed E-state index contributed by atoms with van der Waals surface area (Å²) in [5.41, 5.74) is 2.35. The van der Waals surface area contributed by atoms with Gasteiger partial charge in [0.2, 0.25) is 5.89 Å². The second-order valence-corrected chi connectivity index (χ2v) is 7.42. The number of nitrogens with one attached hydrogen (secondary N) is 1. The Labute approximate surface area is 164 Å². The van der Waals surface area contributed by atoms with Crippen molar-refractivity contribution in [3.8, 4) is 16.5 Å². The van der Waals surface area contributed by atoms with Gasteiger partial charge in [0, 0.05) is 5.02 Å². The standard InChI is InChI=1S/C20H15ClN2O3S/c1-12-4-2-3-5-15(12)25-11-18(24)23-19-9-8-17(27-19)20-22-14-10-13(21)6-7-16(14)26-20/h2-10H,11H2,1H3,(H,23,24). The smallest absolute Gasteiger partial charge is 0.262 e. The molecule has 0 aliphatic carbocycles. The molecule has 2 heterocycles. The molecule has 4 aromatic rings. The maximum Gasteiger partial charge on any atom is 0.262 e. The topological polar surface area (TPSA) is 64.4 Å². The van der Waals surface area contributed by atoms with Crippen LogP contribution in [0.25, 0.3) is 21.9 Å². The first-order valence-electron chi connectivity index (χ1n) is 8.23. The molecule has 0 radical (unpaired) electrons. The molecule has 0 fully saturated rings. The van der Waals surface area contributed by atoms with Gasteiger partial charge in [-0.2, -0.15) is 0 Å². The van der Waals surface area contributed by atoms with Gasteiger partial charge < -0.3 is 14.5 Å². The first kappa shape index (κ1) is 17.6. The second-order valence-electron chi connectivity index (χ2n) is 5.90. The quantitative estimate of drug-likeness (QED) is 0.479. The molecule has 27 heavy (non-hydrogen) atoms. The van der Waals surface area contributed by atoms with E-state index in [0.717, 1.165) is 10.4 Å². The highest BCUT2D eigenvalue weighted by atomic mass is 35.5. The van der Waals surface area contributed by atoms with Crippen molar-refractivity contribution in [3.05, 3.63) is 65.2 Å². The van der Waals surface area contributed by atoms with E-state index in [4.69, 9.17) is 20.8 Å². The Bertz CT molecular complexity index is 1120. The third-order valence-electron chi connectivity index (χ3n) is 3.88. The van der Waals surface area contributed by atoms with Crippen LogP contribution in [0.15, 0.2) is 59.0 Å². The molecule has 5 nitrogen and oxygen atoms in total. The Hall–Kier alpha value is -2.83. The molecule has 0 spiro atoms. The number of aryl methyl sites for hydroxylation is 1. The largest absolute Gasteiger partial charge is 0.483 e. The molecule has 0 aliphatic heterocycles. The average Bonchev–Trinajstić information content (AvgIpc) is 3.27. The van der Waals surface area contributed by atoms with Crippen LogP contribution in [-0.2, 0) is 4.79 Å². The molecular formula is C20H15ClN2O3S. The molecule has 2 aromatic heterocycles. The first-order chi connectivity index (χ1) is 13.1. The Morgan fingerprint density at radius 2 is 2.07 bits per heavy atom. The van der Waals surface area contributed by atoms with Gasteiger partial charge >= 0.3 is 0 Å². The van der Waals surface area contributed by atoms with Crippen molar-refractivity contribution in [2.24, 2.45) is 0 Å². The van der Waals surface area contributed by atoms with Gasteiger partial charge in [-0.25, -0.2) is 4.98 Å². The van der Waals surface area contributed by atoms with E-state index in [1.54, 1.807) is 18.2 Å². The zero-order valence-electron chi connectivity index (χ0n) is 14.4. The third-order valence-corrected chi connectivity index (χ3v) is 5.11. The fourth-order valence-corrected chi connectivity index (χ4v) is 3.58. The molecule has 0 saturated carbocycles. The number of halogens is 1. The number of rotatable bonds is 5. The van der Waals surface area contributed by atoms with Crippen molar-refractivity contribution < 1.29 is 13.9 Å². The highest BCUT2D eigenvalue weighted by Gasteiger charge is 2.13. The van der Waals surface area contributed by atoms with Gasteiger partial charge in [-0.1, -0.05) is 29.8 Å². The summed E-state index contributed by atoms with van der Waals surface area (Å²) in [6.45, 7) is 1.88. The Morgan fingerprint density at radius 3 is 2.93 bits per heavy atom. The lowest BCUT2D eigenvalue weighted by Crippen LogP contribution is -2.19. The first-order valence-corrected chi connectivity index (χ1v) is 9.42. The van der Waals surface area contributed by atoms with E-state index in [0.29, 0.717) is 32.8 Å². The molecule has 0 bridgehead atoms. The minimum atomic E-state index is -0.226. The summed E-state index contributed by atoms with van der Waals surface area (Å²) in [6.07, 6.45) is 0. The van der Waals surface area contributed by atoms with Crippen molar-refractivity contribution >= 4 is 44.9 Å². The molecule has 136 valence electrons. The van der Waals surface area contributed by atoms with Crippen LogP contribution in [0.5, 0.6) is 5.75 Å². The van der Waals surface area contributed by atoms with Gasteiger partial charge in [0.1, 0.15) is 11.3 Å².